The highest BCUT2D eigenvalue weighted by Gasteiger charge is 2.65. The Labute approximate surface area is 124 Å². The third kappa shape index (κ3) is 1.74. The molecule has 0 aromatic heterocycles. The van der Waals surface area contributed by atoms with Crippen LogP contribution in [0.3, 0.4) is 0 Å². The molecule has 3 rings (SSSR count). The zero-order valence-corrected chi connectivity index (χ0v) is 13.7. The van der Waals surface area contributed by atoms with Crippen LogP contribution in [0.25, 0.3) is 0 Å². The van der Waals surface area contributed by atoms with Crippen LogP contribution < -0.4 is 0 Å². The van der Waals surface area contributed by atoms with E-state index in [1.165, 1.54) is 0 Å². The highest BCUT2D eigenvalue weighted by Crippen LogP contribution is 2.64. The van der Waals surface area contributed by atoms with Gasteiger partial charge < -0.3 is 0 Å². The number of halogens is 2. The molecule has 0 spiro atoms. The summed E-state index contributed by atoms with van der Waals surface area (Å²) in [5, 5.41) is -0.229. The second-order valence-corrected chi connectivity index (χ2v) is 10.9. The van der Waals surface area contributed by atoms with E-state index >= 15 is 0 Å². The molecule has 0 aliphatic heterocycles. The van der Waals surface area contributed by atoms with Gasteiger partial charge >= 0.3 is 0 Å². The molecule has 1 aromatic carbocycles. The maximum Gasteiger partial charge on any atom is 0.181 e. The zero-order valence-electron chi connectivity index (χ0n) is 9.72. The molecule has 1 aromatic rings. The Morgan fingerprint density at radius 3 is 2.11 bits per heavy atom. The largest absolute Gasteiger partial charge is 0.223 e. The molecule has 18 heavy (non-hydrogen) atoms. The average molecular weight is 394 g/mol. The van der Waals surface area contributed by atoms with E-state index in [0.717, 1.165) is 19.3 Å². The molecular weight excluding hydrogens is 380 g/mol. The number of benzene rings is 1. The predicted octanol–water partition coefficient (Wildman–Crippen LogP) is 3.74. The smallest absolute Gasteiger partial charge is 0.181 e. The number of rotatable bonds is 2. The summed E-state index contributed by atoms with van der Waals surface area (Å²) in [6, 6.07) is 8.83. The fraction of sp³-hybridized carbons (Fsp3) is 0.538. The maximum absolute atomic E-state index is 12.7. The molecule has 98 valence electrons. The standard InChI is InChI=1S/C13H14Br2O2S/c14-13(15)10-7-4-8-11(13)12(10)18(16,17)9-5-2-1-3-6-9/h1-3,5-6,10-12H,4,7-8H2/t10-,11+,12?. The molecule has 2 aliphatic carbocycles. The Bertz CT molecular complexity index is 540. The molecule has 2 aliphatic rings. The van der Waals surface area contributed by atoms with Crippen molar-refractivity contribution in [3.8, 4) is 0 Å². The summed E-state index contributed by atoms with van der Waals surface area (Å²) in [6.45, 7) is 0. The molecule has 2 saturated carbocycles. The van der Waals surface area contributed by atoms with Crippen molar-refractivity contribution in [3.05, 3.63) is 30.3 Å². The molecular formula is C13H14Br2O2S. The molecule has 0 amide bonds. The summed E-state index contributed by atoms with van der Waals surface area (Å²) in [5.41, 5.74) is 0. The first-order chi connectivity index (χ1) is 8.45. The lowest BCUT2D eigenvalue weighted by molar-refractivity contribution is 0.121. The van der Waals surface area contributed by atoms with E-state index in [4.69, 9.17) is 0 Å². The van der Waals surface area contributed by atoms with Gasteiger partial charge in [0.05, 0.1) is 13.4 Å². The Balaban J connectivity index is 1.98. The molecule has 2 nitrogen and oxygen atoms in total. The van der Waals surface area contributed by atoms with Gasteiger partial charge in [0.1, 0.15) is 0 Å². The molecule has 0 radical (unpaired) electrons. The molecule has 3 atom stereocenters. The SMILES string of the molecule is O=S(=O)(c1ccccc1)C1[C@H]2CCC[C@@H]1C2(Br)Br. The quantitative estimate of drug-likeness (QED) is 0.717. The van der Waals surface area contributed by atoms with Crippen LogP contribution >= 0.6 is 31.9 Å². The van der Waals surface area contributed by atoms with Crippen LogP contribution in [0.15, 0.2) is 35.2 Å². The van der Waals surface area contributed by atoms with Crippen molar-refractivity contribution < 1.29 is 8.42 Å². The summed E-state index contributed by atoms with van der Waals surface area (Å²) in [7, 11) is -3.19. The molecule has 1 unspecified atom stereocenters. The lowest BCUT2D eigenvalue weighted by Crippen LogP contribution is -2.63. The average Bonchev–Trinajstić information content (AvgIpc) is 2.39. The maximum atomic E-state index is 12.7. The fourth-order valence-corrected chi connectivity index (χ4v) is 8.52. The summed E-state index contributed by atoms with van der Waals surface area (Å²) in [5.74, 6) is 0.364. The first kappa shape index (κ1) is 13.1. The van der Waals surface area contributed by atoms with Gasteiger partial charge in [-0.15, -0.1) is 0 Å². The summed E-state index contributed by atoms with van der Waals surface area (Å²) >= 11 is 7.33. The Morgan fingerprint density at radius 2 is 1.61 bits per heavy atom. The highest BCUT2D eigenvalue weighted by molar-refractivity contribution is 9.25. The van der Waals surface area contributed by atoms with Crippen LogP contribution in [0.1, 0.15) is 19.3 Å². The van der Waals surface area contributed by atoms with Crippen molar-refractivity contribution in [2.24, 2.45) is 11.8 Å². The van der Waals surface area contributed by atoms with Crippen LogP contribution in [-0.4, -0.2) is 16.9 Å². The van der Waals surface area contributed by atoms with Gasteiger partial charge in [-0.1, -0.05) is 56.5 Å². The van der Waals surface area contributed by atoms with Gasteiger partial charge in [-0.3, -0.25) is 0 Å². The number of fused-ring (bicyclic) bond motifs is 2. The van der Waals surface area contributed by atoms with Gasteiger partial charge in [0.25, 0.3) is 0 Å². The highest BCUT2D eigenvalue weighted by atomic mass is 79.9. The number of alkyl halides is 2. The summed E-state index contributed by atoms with van der Waals surface area (Å²) in [6.07, 6.45) is 3.09. The third-order valence-corrected chi connectivity index (χ3v) is 8.90. The van der Waals surface area contributed by atoms with Crippen LogP contribution in [0, 0.1) is 11.8 Å². The Hall–Kier alpha value is 0.130. The molecule has 0 saturated heterocycles. The van der Waals surface area contributed by atoms with E-state index in [2.05, 4.69) is 31.9 Å². The predicted molar refractivity (Wildman–Crippen MR) is 78.8 cm³/mol. The lowest BCUT2D eigenvalue weighted by atomic mass is 9.64. The summed E-state index contributed by atoms with van der Waals surface area (Å²) < 4.78 is 25.2. The van der Waals surface area contributed by atoms with Crippen molar-refractivity contribution in [1.29, 1.82) is 0 Å². The van der Waals surface area contributed by atoms with Crippen molar-refractivity contribution in [1.82, 2.24) is 0 Å². The fourth-order valence-electron chi connectivity index (χ4n) is 3.35. The van der Waals surface area contributed by atoms with Gasteiger partial charge in [0.15, 0.2) is 9.84 Å². The van der Waals surface area contributed by atoms with E-state index in [0.29, 0.717) is 4.90 Å². The number of sulfone groups is 1. The topological polar surface area (TPSA) is 34.1 Å². The molecule has 0 heterocycles. The molecule has 0 N–H and O–H groups in total. The minimum absolute atomic E-state index is 0.162. The van der Waals surface area contributed by atoms with Crippen LogP contribution in [0.5, 0.6) is 0 Å². The van der Waals surface area contributed by atoms with Crippen molar-refractivity contribution in [2.45, 2.75) is 32.6 Å². The van der Waals surface area contributed by atoms with E-state index in [1.807, 2.05) is 6.07 Å². The van der Waals surface area contributed by atoms with Crippen LogP contribution in [0.2, 0.25) is 0 Å². The first-order valence-corrected chi connectivity index (χ1v) is 9.25. The second kappa shape index (κ2) is 4.32. The normalized spacial score (nSPS) is 33.8. The van der Waals surface area contributed by atoms with Gasteiger partial charge in [-0.25, -0.2) is 8.42 Å². The molecule has 2 bridgehead atoms. The second-order valence-electron chi connectivity index (χ2n) is 5.14. The van der Waals surface area contributed by atoms with E-state index in [9.17, 15) is 8.42 Å². The minimum atomic E-state index is -3.19. The van der Waals surface area contributed by atoms with Crippen LogP contribution in [0.4, 0.5) is 0 Å². The number of hydrogen-bond acceptors (Lipinski definition) is 2. The van der Waals surface area contributed by atoms with E-state index in [1.54, 1.807) is 24.3 Å². The number of hydrogen-bond donors (Lipinski definition) is 0. The zero-order chi connectivity index (χ0) is 13.0. The van der Waals surface area contributed by atoms with Gasteiger partial charge in [-0.2, -0.15) is 0 Å². The summed E-state index contributed by atoms with van der Waals surface area (Å²) in [4.78, 5) is 0.461. The lowest BCUT2D eigenvalue weighted by Gasteiger charge is -2.58. The minimum Gasteiger partial charge on any atom is -0.223 e. The third-order valence-electron chi connectivity index (χ3n) is 4.24. The Morgan fingerprint density at radius 1 is 1.06 bits per heavy atom. The van der Waals surface area contributed by atoms with Crippen molar-refractivity contribution >= 4 is 41.7 Å². The van der Waals surface area contributed by atoms with E-state index < -0.39 is 9.84 Å². The van der Waals surface area contributed by atoms with Gasteiger partial charge in [0.2, 0.25) is 0 Å². The van der Waals surface area contributed by atoms with Crippen LogP contribution in [-0.2, 0) is 9.84 Å². The molecule has 2 fully saturated rings. The first-order valence-electron chi connectivity index (χ1n) is 6.12. The van der Waals surface area contributed by atoms with Crippen molar-refractivity contribution in [3.63, 3.8) is 0 Å². The van der Waals surface area contributed by atoms with Crippen molar-refractivity contribution in [2.75, 3.05) is 0 Å². The Kier molecular flexibility index (Phi) is 3.15. The molecule has 5 heteroatoms. The van der Waals surface area contributed by atoms with Gasteiger partial charge in [0, 0.05) is 11.8 Å². The van der Waals surface area contributed by atoms with Gasteiger partial charge in [-0.05, 0) is 25.0 Å². The monoisotopic (exact) mass is 392 g/mol. The van der Waals surface area contributed by atoms with E-state index in [-0.39, 0.29) is 20.3 Å².